The van der Waals surface area contributed by atoms with E-state index in [1.54, 1.807) is 12.1 Å². The molecule has 0 amide bonds. The summed E-state index contributed by atoms with van der Waals surface area (Å²) in [5.74, 6) is 0. The first-order valence-corrected chi connectivity index (χ1v) is 10.1. The van der Waals surface area contributed by atoms with Crippen molar-refractivity contribution in [2.75, 3.05) is 38.2 Å². The summed E-state index contributed by atoms with van der Waals surface area (Å²) in [4.78, 5) is 17.6. The number of fused-ring (bicyclic) bond motifs is 1. The van der Waals surface area contributed by atoms with Gasteiger partial charge in [-0.3, -0.25) is 15.0 Å². The van der Waals surface area contributed by atoms with Gasteiger partial charge in [-0.2, -0.15) is 0 Å². The molecule has 0 spiro atoms. The summed E-state index contributed by atoms with van der Waals surface area (Å²) >= 11 is 1.45. The lowest BCUT2D eigenvalue weighted by atomic mass is 10.0. The molecule has 1 aromatic heterocycles. The van der Waals surface area contributed by atoms with Crippen molar-refractivity contribution in [3.63, 3.8) is 0 Å². The molecule has 1 unspecified atom stereocenters. The Morgan fingerprint density at radius 3 is 2.71 bits per heavy atom. The van der Waals surface area contributed by atoms with E-state index in [9.17, 15) is 10.1 Å². The highest BCUT2D eigenvalue weighted by molar-refractivity contribution is 7.22. The van der Waals surface area contributed by atoms with E-state index < -0.39 is 0 Å². The molecule has 8 heteroatoms. The average Bonchev–Trinajstić information content (AvgIpc) is 3.12. The second kappa shape index (κ2) is 8.22. The number of non-ortho nitro benzene ring substituents is 1. The number of benzene rings is 2. The third-order valence-corrected chi connectivity index (χ3v) is 5.95. The van der Waals surface area contributed by atoms with Crippen LogP contribution in [0.5, 0.6) is 0 Å². The highest BCUT2D eigenvalue weighted by Gasteiger charge is 2.23. The van der Waals surface area contributed by atoms with E-state index >= 15 is 0 Å². The van der Waals surface area contributed by atoms with Crippen LogP contribution < -0.4 is 5.32 Å². The number of aryl methyl sites for hydroxylation is 1. The highest BCUT2D eigenvalue weighted by atomic mass is 32.1. The number of nitrogens with zero attached hydrogens (tertiary/aromatic N) is 3. The van der Waals surface area contributed by atoms with E-state index in [4.69, 9.17) is 4.74 Å². The molecular formula is C20H22N4O3S. The number of thiazole rings is 1. The van der Waals surface area contributed by atoms with Gasteiger partial charge in [0.15, 0.2) is 5.13 Å². The standard InChI is InChI=1S/C20H22N4O3S/c1-14-2-4-15(5-3-14)18(23-8-10-27-11-9-23)13-21-20-22-17-7-6-16(24(25)26)12-19(17)28-20/h2-7,12,18H,8-11,13H2,1H3,(H,21,22). The number of morpholine rings is 1. The van der Waals surface area contributed by atoms with Crippen molar-refractivity contribution in [1.82, 2.24) is 9.88 Å². The first-order chi connectivity index (χ1) is 13.6. The smallest absolute Gasteiger partial charge is 0.270 e. The molecule has 0 saturated carbocycles. The third kappa shape index (κ3) is 4.14. The number of anilines is 1. The fourth-order valence-electron chi connectivity index (χ4n) is 3.42. The Balaban J connectivity index is 1.54. The molecule has 1 saturated heterocycles. The second-order valence-electron chi connectivity index (χ2n) is 6.88. The van der Waals surface area contributed by atoms with Crippen molar-refractivity contribution in [2.24, 2.45) is 0 Å². The van der Waals surface area contributed by atoms with Gasteiger partial charge in [0.1, 0.15) is 0 Å². The molecule has 146 valence electrons. The SMILES string of the molecule is Cc1ccc(C(CNc2nc3ccc([N+](=O)[O-])cc3s2)N2CCOCC2)cc1. The number of aromatic nitrogens is 1. The van der Waals surface area contributed by atoms with Crippen LogP contribution >= 0.6 is 11.3 Å². The molecule has 2 aromatic carbocycles. The topological polar surface area (TPSA) is 80.5 Å². The Morgan fingerprint density at radius 1 is 1.25 bits per heavy atom. The molecule has 4 rings (SSSR count). The van der Waals surface area contributed by atoms with Crippen LogP contribution in [0, 0.1) is 17.0 Å². The van der Waals surface area contributed by atoms with Crippen molar-refractivity contribution in [2.45, 2.75) is 13.0 Å². The molecule has 1 atom stereocenters. The fraction of sp³-hybridized carbons (Fsp3) is 0.350. The van der Waals surface area contributed by atoms with Gasteiger partial charge in [0.2, 0.25) is 0 Å². The van der Waals surface area contributed by atoms with Gasteiger partial charge in [-0.25, -0.2) is 4.98 Å². The minimum Gasteiger partial charge on any atom is -0.379 e. The maximum absolute atomic E-state index is 11.0. The molecule has 1 N–H and O–H groups in total. The predicted octanol–water partition coefficient (Wildman–Crippen LogP) is 4.00. The van der Waals surface area contributed by atoms with E-state index in [1.165, 1.54) is 28.5 Å². The van der Waals surface area contributed by atoms with Gasteiger partial charge >= 0.3 is 0 Å². The summed E-state index contributed by atoms with van der Waals surface area (Å²) in [7, 11) is 0. The summed E-state index contributed by atoms with van der Waals surface area (Å²) in [5, 5.41) is 15.2. The Labute approximate surface area is 167 Å². The molecule has 0 radical (unpaired) electrons. The van der Waals surface area contributed by atoms with Crippen LogP contribution in [0.4, 0.5) is 10.8 Å². The molecule has 3 aromatic rings. The van der Waals surface area contributed by atoms with Gasteiger partial charge in [0.25, 0.3) is 5.69 Å². The summed E-state index contributed by atoms with van der Waals surface area (Å²) in [6, 6.07) is 13.6. The van der Waals surface area contributed by atoms with E-state index in [2.05, 4.69) is 46.4 Å². The number of ether oxygens (including phenoxy) is 1. The Bertz CT molecular complexity index is 967. The summed E-state index contributed by atoms with van der Waals surface area (Å²) in [6.45, 7) is 6.08. The van der Waals surface area contributed by atoms with Crippen molar-refractivity contribution in [3.8, 4) is 0 Å². The zero-order valence-corrected chi connectivity index (χ0v) is 16.4. The number of nitro benzene ring substituents is 1. The van der Waals surface area contributed by atoms with Gasteiger partial charge in [-0.05, 0) is 18.6 Å². The molecule has 0 aliphatic carbocycles. The molecule has 1 fully saturated rings. The van der Waals surface area contributed by atoms with E-state index in [-0.39, 0.29) is 16.7 Å². The largest absolute Gasteiger partial charge is 0.379 e. The number of nitrogens with one attached hydrogen (secondary N) is 1. The number of rotatable bonds is 6. The highest BCUT2D eigenvalue weighted by Crippen LogP contribution is 2.30. The maximum atomic E-state index is 11.0. The lowest BCUT2D eigenvalue weighted by Gasteiger charge is -2.35. The molecule has 28 heavy (non-hydrogen) atoms. The molecule has 1 aliphatic heterocycles. The number of hydrogen-bond donors (Lipinski definition) is 1. The second-order valence-corrected chi connectivity index (χ2v) is 7.91. The Kier molecular flexibility index (Phi) is 5.52. The van der Waals surface area contributed by atoms with Crippen molar-refractivity contribution >= 4 is 32.4 Å². The monoisotopic (exact) mass is 398 g/mol. The van der Waals surface area contributed by atoms with Crippen LogP contribution in [-0.4, -0.2) is 47.7 Å². The van der Waals surface area contributed by atoms with Crippen LogP contribution in [-0.2, 0) is 4.74 Å². The summed E-state index contributed by atoms with van der Waals surface area (Å²) in [5.41, 5.74) is 3.37. The minimum absolute atomic E-state index is 0.0912. The van der Waals surface area contributed by atoms with E-state index in [0.29, 0.717) is 6.54 Å². The molecular weight excluding hydrogens is 376 g/mol. The lowest BCUT2D eigenvalue weighted by Crippen LogP contribution is -2.41. The Morgan fingerprint density at radius 2 is 2.00 bits per heavy atom. The van der Waals surface area contributed by atoms with Crippen LogP contribution in [0.25, 0.3) is 10.2 Å². The normalized spacial score (nSPS) is 16.2. The minimum atomic E-state index is -0.377. The van der Waals surface area contributed by atoms with Gasteiger partial charge in [-0.15, -0.1) is 0 Å². The fourth-order valence-corrected chi connectivity index (χ4v) is 4.33. The quantitative estimate of drug-likeness (QED) is 0.499. The zero-order valence-electron chi connectivity index (χ0n) is 15.6. The van der Waals surface area contributed by atoms with E-state index in [0.717, 1.165) is 41.7 Å². The van der Waals surface area contributed by atoms with Crippen LogP contribution in [0.15, 0.2) is 42.5 Å². The summed E-state index contributed by atoms with van der Waals surface area (Å²) < 4.78 is 6.33. The lowest BCUT2D eigenvalue weighted by molar-refractivity contribution is -0.384. The third-order valence-electron chi connectivity index (χ3n) is 4.98. The molecule has 2 heterocycles. The van der Waals surface area contributed by atoms with E-state index in [1.807, 2.05) is 0 Å². The summed E-state index contributed by atoms with van der Waals surface area (Å²) in [6.07, 6.45) is 0. The van der Waals surface area contributed by atoms with Crippen LogP contribution in [0.2, 0.25) is 0 Å². The molecule has 0 bridgehead atoms. The van der Waals surface area contributed by atoms with Gasteiger partial charge in [0.05, 0.1) is 34.4 Å². The Hall–Kier alpha value is -2.55. The molecule has 1 aliphatic rings. The molecule has 7 nitrogen and oxygen atoms in total. The average molecular weight is 398 g/mol. The first kappa shape index (κ1) is 18.8. The van der Waals surface area contributed by atoms with Gasteiger partial charge in [0, 0.05) is 31.8 Å². The van der Waals surface area contributed by atoms with Crippen molar-refractivity contribution in [1.29, 1.82) is 0 Å². The van der Waals surface area contributed by atoms with Crippen LogP contribution in [0.1, 0.15) is 17.2 Å². The number of nitro groups is 1. The zero-order chi connectivity index (χ0) is 19.5. The number of hydrogen-bond acceptors (Lipinski definition) is 7. The van der Waals surface area contributed by atoms with Crippen molar-refractivity contribution in [3.05, 3.63) is 63.7 Å². The van der Waals surface area contributed by atoms with Gasteiger partial charge in [-0.1, -0.05) is 41.2 Å². The van der Waals surface area contributed by atoms with Gasteiger partial charge < -0.3 is 10.1 Å². The van der Waals surface area contributed by atoms with Crippen LogP contribution in [0.3, 0.4) is 0 Å². The first-order valence-electron chi connectivity index (χ1n) is 9.27. The van der Waals surface area contributed by atoms with Crippen molar-refractivity contribution < 1.29 is 9.66 Å². The predicted molar refractivity (Wildman–Crippen MR) is 111 cm³/mol. The maximum Gasteiger partial charge on any atom is 0.270 e.